The van der Waals surface area contributed by atoms with E-state index in [0.29, 0.717) is 12.8 Å². The number of hydrogen-bond donors (Lipinski definition) is 3. The Kier molecular flexibility index (Phi) is 1.07. The summed E-state index contributed by atoms with van der Waals surface area (Å²) < 4.78 is 0. The third kappa shape index (κ3) is 0.507. The van der Waals surface area contributed by atoms with E-state index in [9.17, 15) is 9.59 Å². The normalized spacial score (nSPS) is 57.4. The summed E-state index contributed by atoms with van der Waals surface area (Å²) in [6.45, 7) is 0. The van der Waals surface area contributed by atoms with E-state index in [1.165, 1.54) is 0 Å². The number of nitrogens with two attached hydrogens (primary N) is 1. The zero-order valence-electron chi connectivity index (χ0n) is 7.43. The van der Waals surface area contributed by atoms with Crippen molar-refractivity contribution in [2.24, 2.45) is 28.9 Å². The minimum Gasteiger partial charge on any atom is -0.481 e. The number of carboxylic acids is 2. The van der Waals surface area contributed by atoms with Crippen LogP contribution in [0.5, 0.6) is 0 Å². The van der Waals surface area contributed by atoms with Crippen LogP contribution in [0.2, 0.25) is 0 Å². The highest BCUT2D eigenvalue weighted by Crippen LogP contribution is 2.81. The van der Waals surface area contributed by atoms with Gasteiger partial charge in [0.25, 0.3) is 0 Å². The fourth-order valence-electron chi connectivity index (χ4n) is 4.00. The minimum absolute atomic E-state index is 0.0195. The molecule has 4 saturated carbocycles. The molecule has 5 atom stereocenters. The van der Waals surface area contributed by atoms with Gasteiger partial charge in [-0.25, -0.2) is 0 Å². The quantitative estimate of drug-likeness (QED) is 0.554. The summed E-state index contributed by atoms with van der Waals surface area (Å²) in [5.74, 6) is -2.33. The van der Waals surface area contributed by atoms with Crippen molar-refractivity contribution in [3.8, 4) is 0 Å². The molecular weight excluding hydrogens is 186 g/mol. The Morgan fingerprint density at radius 3 is 2.21 bits per heavy atom. The van der Waals surface area contributed by atoms with Gasteiger partial charge in [-0.15, -0.1) is 0 Å². The molecule has 0 heterocycles. The second-order valence-electron chi connectivity index (χ2n) is 4.80. The SMILES string of the molecule is N[C@@]1(C(=O)O)[C@@H]2C[C@H]3[C@H]1[C@]3(C(=O)O)C2. The van der Waals surface area contributed by atoms with Crippen molar-refractivity contribution in [2.75, 3.05) is 0 Å². The summed E-state index contributed by atoms with van der Waals surface area (Å²) in [7, 11) is 0. The maximum atomic E-state index is 11.1. The minimum atomic E-state index is -1.26. The summed E-state index contributed by atoms with van der Waals surface area (Å²) in [5.41, 5.74) is 3.79. The van der Waals surface area contributed by atoms with Gasteiger partial charge in [-0.2, -0.15) is 0 Å². The Bertz CT molecular complexity index is 368. The first-order chi connectivity index (χ1) is 6.45. The highest BCUT2D eigenvalue weighted by atomic mass is 16.4. The number of carbonyl (C=O) groups is 2. The van der Waals surface area contributed by atoms with Crippen molar-refractivity contribution in [3.63, 3.8) is 0 Å². The lowest BCUT2D eigenvalue weighted by molar-refractivity contribution is -0.145. The monoisotopic (exact) mass is 197 g/mol. The zero-order valence-corrected chi connectivity index (χ0v) is 7.43. The van der Waals surface area contributed by atoms with E-state index in [2.05, 4.69) is 0 Å². The van der Waals surface area contributed by atoms with E-state index in [0.717, 1.165) is 0 Å². The summed E-state index contributed by atoms with van der Waals surface area (Å²) in [4.78, 5) is 22.1. The van der Waals surface area contributed by atoms with Crippen molar-refractivity contribution in [2.45, 2.75) is 18.4 Å². The number of hydrogen-bond acceptors (Lipinski definition) is 3. The second-order valence-corrected chi connectivity index (χ2v) is 4.80. The molecule has 4 aliphatic carbocycles. The maximum Gasteiger partial charge on any atom is 0.324 e. The van der Waals surface area contributed by atoms with Crippen molar-refractivity contribution in [3.05, 3.63) is 0 Å². The van der Waals surface area contributed by atoms with Gasteiger partial charge in [0.2, 0.25) is 0 Å². The first-order valence-corrected chi connectivity index (χ1v) is 4.71. The summed E-state index contributed by atoms with van der Waals surface area (Å²) in [6, 6.07) is 0. The van der Waals surface area contributed by atoms with E-state index < -0.39 is 22.9 Å². The third-order valence-corrected chi connectivity index (χ3v) is 4.59. The molecule has 0 aromatic heterocycles. The summed E-state index contributed by atoms with van der Waals surface area (Å²) in [5, 5.41) is 18.1. The van der Waals surface area contributed by atoms with Gasteiger partial charge in [-0.05, 0) is 24.7 Å². The summed E-state index contributed by atoms with van der Waals surface area (Å²) >= 11 is 0. The molecule has 0 aromatic rings. The zero-order chi connectivity index (χ0) is 10.3. The molecule has 0 aromatic carbocycles. The molecule has 0 spiro atoms. The van der Waals surface area contributed by atoms with Crippen molar-refractivity contribution in [1.29, 1.82) is 0 Å². The Morgan fingerprint density at radius 2 is 1.93 bits per heavy atom. The van der Waals surface area contributed by atoms with Crippen LogP contribution in [0.15, 0.2) is 0 Å². The van der Waals surface area contributed by atoms with Crippen LogP contribution in [0.4, 0.5) is 0 Å². The van der Waals surface area contributed by atoms with Gasteiger partial charge in [-0.1, -0.05) is 0 Å². The molecule has 5 nitrogen and oxygen atoms in total. The molecule has 0 amide bonds. The maximum absolute atomic E-state index is 11.1. The predicted molar refractivity (Wildman–Crippen MR) is 44.3 cm³/mol. The van der Waals surface area contributed by atoms with Gasteiger partial charge in [0.05, 0.1) is 5.41 Å². The molecule has 76 valence electrons. The molecule has 4 fully saturated rings. The van der Waals surface area contributed by atoms with Crippen LogP contribution in [-0.4, -0.2) is 27.7 Å². The lowest BCUT2D eigenvalue weighted by Gasteiger charge is -2.22. The molecule has 0 aliphatic heterocycles. The lowest BCUT2D eigenvalue weighted by Crippen LogP contribution is -2.51. The van der Waals surface area contributed by atoms with Gasteiger partial charge >= 0.3 is 11.9 Å². The Labute approximate surface area is 79.9 Å². The largest absolute Gasteiger partial charge is 0.481 e. The fourth-order valence-corrected chi connectivity index (χ4v) is 4.00. The molecule has 0 radical (unpaired) electrons. The molecule has 5 heteroatoms. The van der Waals surface area contributed by atoms with E-state index >= 15 is 0 Å². The standard InChI is InChI=1S/C9H11NO4/c10-9(7(13)14)3-1-4-5(9)8(4,2-3)6(11)12/h3-5H,1-2,10H2,(H,11,12)(H,13,14)/t3-,4+,5+,8+,9+/m1/s1. The Balaban J connectivity index is 2.06. The first-order valence-electron chi connectivity index (χ1n) is 4.71. The molecule has 4 N–H and O–H groups in total. The van der Waals surface area contributed by atoms with Gasteiger partial charge in [0, 0.05) is 5.92 Å². The summed E-state index contributed by atoms with van der Waals surface area (Å²) in [6.07, 6.45) is 1.14. The molecular formula is C9H11NO4. The average Bonchev–Trinajstić information content (AvgIpc) is 2.45. The number of rotatable bonds is 2. The van der Waals surface area contributed by atoms with Crippen molar-refractivity contribution < 1.29 is 19.8 Å². The molecule has 0 unspecified atom stereocenters. The average molecular weight is 197 g/mol. The molecule has 14 heavy (non-hydrogen) atoms. The smallest absolute Gasteiger partial charge is 0.324 e. The Morgan fingerprint density at radius 1 is 1.29 bits per heavy atom. The number of aliphatic carboxylic acids is 2. The van der Waals surface area contributed by atoms with Gasteiger partial charge in [-0.3, -0.25) is 9.59 Å². The van der Waals surface area contributed by atoms with E-state index in [4.69, 9.17) is 15.9 Å². The van der Waals surface area contributed by atoms with E-state index in [-0.39, 0.29) is 17.8 Å². The lowest BCUT2D eigenvalue weighted by atomic mass is 9.90. The topological polar surface area (TPSA) is 101 Å². The van der Waals surface area contributed by atoms with Crippen LogP contribution in [0.25, 0.3) is 0 Å². The molecule has 4 aliphatic rings. The highest BCUT2D eigenvalue weighted by Gasteiger charge is 2.88. The van der Waals surface area contributed by atoms with Crippen LogP contribution in [-0.2, 0) is 9.59 Å². The predicted octanol–water partition coefficient (Wildman–Crippen LogP) is -0.491. The first kappa shape index (κ1) is 8.23. The van der Waals surface area contributed by atoms with E-state index in [1.54, 1.807) is 0 Å². The fraction of sp³-hybridized carbons (Fsp3) is 0.778. The number of carboxylic acid groups (broad SMARTS) is 2. The highest BCUT2D eigenvalue weighted by molar-refractivity contribution is 5.90. The second kappa shape index (κ2) is 1.82. The van der Waals surface area contributed by atoms with Crippen LogP contribution in [0.3, 0.4) is 0 Å². The van der Waals surface area contributed by atoms with Crippen LogP contribution in [0.1, 0.15) is 12.8 Å². The van der Waals surface area contributed by atoms with Crippen molar-refractivity contribution >= 4 is 11.9 Å². The van der Waals surface area contributed by atoms with Crippen LogP contribution < -0.4 is 5.73 Å². The Hall–Kier alpha value is -1.10. The molecule has 4 rings (SSSR count). The third-order valence-electron chi connectivity index (χ3n) is 4.59. The van der Waals surface area contributed by atoms with E-state index in [1.807, 2.05) is 0 Å². The van der Waals surface area contributed by atoms with Crippen LogP contribution in [0, 0.1) is 23.2 Å². The van der Waals surface area contributed by atoms with Crippen LogP contribution >= 0.6 is 0 Å². The molecule has 0 saturated heterocycles. The van der Waals surface area contributed by atoms with Gasteiger partial charge < -0.3 is 15.9 Å². The molecule has 4 bridgehead atoms. The van der Waals surface area contributed by atoms with Gasteiger partial charge in [0.15, 0.2) is 0 Å². The van der Waals surface area contributed by atoms with Crippen molar-refractivity contribution in [1.82, 2.24) is 0 Å². The van der Waals surface area contributed by atoms with Gasteiger partial charge in [0.1, 0.15) is 5.54 Å².